The minimum Gasteiger partial charge on any atom is -0.386 e. The summed E-state index contributed by atoms with van der Waals surface area (Å²) in [5.41, 5.74) is 3.34. The largest absolute Gasteiger partial charge is 0.386 e. The van der Waals surface area contributed by atoms with Gasteiger partial charge >= 0.3 is 0 Å². The molecule has 0 radical (unpaired) electrons. The number of aryl methyl sites for hydroxylation is 2. The number of benzene rings is 1. The molecule has 0 heterocycles. The Hall–Kier alpha value is -0.860. The molecule has 1 aromatic rings. The van der Waals surface area contributed by atoms with Crippen molar-refractivity contribution in [2.24, 2.45) is 0 Å². The van der Waals surface area contributed by atoms with Crippen LogP contribution in [0.4, 0.5) is 0 Å². The summed E-state index contributed by atoms with van der Waals surface area (Å²) >= 11 is 0. The van der Waals surface area contributed by atoms with E-state index in [1.807, 2.05) is 6.92 Å². The zero-order chi connectivity index (χ0) is 13.7. The topological polar surface area (TPSA) is 29.5 Å². The van der Waals surface area contributed by atoms with Gasteiger partial charge in [-0.05, 0) is 37.8 Å². The number of ether oxygens (including phenoxy) is 1. The van der Waals surface area contributed by atoms with Gasteiger partial charge in [0.25, 0.3) is 0 Å². The first-order chi connectivity index (χ1) is 9.16. The van der Waals surface area contributed by atoms with Crippen LogP contribution >= 0.6 is 0 Å². The second kappa shape index (κ2) is 7.06. The Labute approximate surface area is 116 Å². The molecule has 1 aliphatic carbocycles. The number of hydrogen-bond acceptors (Lipinski definition) is 2. The highest BCUT2D eigenvalue weighted by atomic mass is 16.5. The third-order valence-electron chi connectivity index (χ3n) is 4.09. The van der Waals surface area contributed by atoms with Crippen molar-refractivity contribution < 1.29 is 9.84 Å². The molecule has 2 heteroatoms. The van der Waals surface area contributed by atoms with E-state index in [4.69, 9.17) is 4.74 Å². The van der Waals surface area contributed by atoms with E-state index in [1.165, 1.54) is 31.2 Å². The van der Waals surface area contributed by atoms with Crippen LogP contribution in [0.5, 0.6) is 0 Å². The lowest BCUT2D eigenvalue weighted by molar-refractivity contribution is -0.0161. The van der Waals surface area contributed by atoms with Gasteiger partial charge in [0.15, 0.2) is 0 Å². The van der Waals surface area contributed by atoms with E-state index < -0.39 is 6.10 Å². The Balaban J connectivity index is 1.89. The lowest BCUT2D eigenvalue weighted by Gasteiger charge is -2.20. The van der Waals surface area contributed by atoms with E-state index in [0.29, 0.717) is 12.7 Å². The standard InChI is InChI=1S/C17H26O2/c1-13-9-10-14(2)16(11-13)17(18)12-19-15-7-5-3-4-6-8-15/h9-11,15,17-18H,3-8,12H2,1-2H3. The molecule has 0 aromatic heterocycles. The molecule has 1 saturated carbocycles. The van der Waals surface area contributed by atoms with Gasteiger partial charge in [0.05, 0.1) is 12.7 Å². The Morgan fingerprint density at radius 2 is 1.84 bits per heavy atom. The summed E-state index contributed by atoms with van der Waals surface area (Å²) in [5, 5.41) is 10.3. The minimum absolute atomic E-state index is 0.349. The summed E-state index contributed by atoms with van der Waals surface area (Å²) in [6, 6.07) is 6.22. The Bertz CT molecular complexity index is 392. The van der Waals surface area contributed by atoms with E-state index in [1.54, 1.807) is 0 Å². The summed E-state index contributed by atoms with van der Waals surface area (Å²) in [6.07, 6.45) is 7.36. The molecular weight excluding hydrogens is 236 g/mol. The van der Waals surface area contributed by atoms with Gasteiger partial charge in [-0.25, -0.2) is 0 Å². The van der Waals surface area contributed by atoms with Crippen molar-refractivity contribution >= 4 is 0 Å². The van der Waals surface area contributed by atoms with Crippen molar-refractivity contribution in [3.05, 3.63) is 34.9 Å². The quantitative estimate of drug-likeness (QED) is 0.829. The highest BCUT2D eigenvalue weighted by molar-refractivity contribution is 5.32. The van der Waals surface area contributed by atoms with Crippen LogP contribution in [0.2, 0.25) is 0 Å². The van der Waals surface area contributed by atoms with Crippen molar-refractivity contribution in [1.82, 2.24) is 0 Å². The minimum atomic E-state index is -0.497. The fraction of sp³-hybridized carbons (Fsp3) is 0.647. The van der Waals surface area contributed by atoms with Crippen LogP contribution in [0.25, 0.3) is 0 Å². The third-order valence-corrected chi connectivity index (χ3v) is 4.09. The first-order valence-electron chi connectivity index (χ1n) is 7.53. The van der Waals surface area contributed by atoms with Crippen LogP contribution in [-0.2, 0) is 4.74 Å². The second-order valence-corrected chi connectivity index (χ2v) is 5.82. The molecule has 1 aliphatic rings. The molecule has 0 spiro atoms. The summed E-state index contributed by atoms with van der Waals surface area (Å²) in [5.74, 6) is 0. The highest BCUT2D eigenvalue weighted by Gasteiger charge is 2.16. The van der Waals surface area contributed by atoms with Gasteiger partial charge in [0.2, 0.25) is 0 Å². The van der Waals surface area contributed by atoms with Crippen LogP contribution in [0.15, 0.2) is 18.2 Å². The third kappa shape index (κ3) is 4.32. The molecule has 1 N–H and O–H groups in total. The average molecular weight is 262 g/mol. The van der Waals surface area contributed by atoms with Crippen LogP contribution < -0.4 is 0 Å². The van der Waals surface area contributed by atoms with Crippen LogP contribution in [0.1, 0.15) is 61.3 Å². The molecule has 19 heavy (non-hydrogen) atoms. The Kier molecular flexibility index (Phi) is 5.41. The van der Waals surface area contributed by atoms with E-state index in [0.717, 1.165) is 24.0 Å². The molecule has 106 valence electrons. The van der Waals surface area contributed by atoms with Crippen molar-refractivity contribution in [1.29, 1.82) is 0 Å². The molecule has 0 aliphatic heterocycles. The van der Waals surface area contributed by atoms with Crippen molar-refractivity contribution in [3.63, 3.8) is 0 Å². The fourth-order valence-corrected chi connectivity index (χ4v) is 2.84. The molecule has 2 rings (SSSR count). The summed E-state index contributed by atoms with van der Waals surface area (Å²) in [6.45, 7) is 4.53. The lowest BCUT2D eigenvalue weighted by Crippen LogP contribution is -2.17. The molecular formula is C17H26O2. The summed E-state index contributed by atoms with van der Waals surface area (Å²) < 4.78 is 5.92. The second-order valence-electron chi connectivity index (χ2n) is 5.82. The highest BCUT2D eigenvalue weighted by Crippen LogP contribution is 2.23. The van der Waals surface area contributed by atoms with Gasteiger partial charge < -0.3 is 9.84 Å². The van der Waals surface area contributed by atoms with Gasteiger partial charge in [-0.1, -0.05) is 49.4 Å². The number of rotatable bonds is 4. The molecule has 0 amide bonds. The van der Waals surface area contributed by atoms with Gasteiger partial charge in [-0.2, -0.15) is 0 Å². The van der Waals surface area contributed by atoms with E-state index in [-0.39, 0.29) is 0 Å². The number of aliphatic hydroxyl groups excluding tert-OH is 1. The van der Waals surface area contributed by atoms with Crippen molar-refractivity contribution in [2.45, 2.75) is 64.6 Å². The first kappa shape index (κ1) is 14.5. The van der Waals surface area contributed by atoms with Crippen LogP contribution in [0, 0.1) is 13.8 Å². The monoisotopic (exact) mass is 262 g/mol. The molecule has 1 atom stereocenters. The van der Waals surface area contributed by atoms with Gasteiger partial charge in [0.1, 0.15) is 6.10 Å². The van der Waals surface area contributed by atoms with Gasteiger partial charge in [-0.3, -0.25) is 0 Å². The number of aliphatic hydroxyl groups is 1. The number of hydrogen-bond donors (Lipinski definition) is 1. The van der Waals surface area contributed by atoms with Gasteiger partial charge in [0, 0.05) is 0 Å². The first-order valence-corrected chi connectivity index (χ1v) is 7.53. The Morgan fingerprint density at radius 3 is 2.53 bits per heavy atom. The van der Waals surface area contributed by atoms with Crippen molar-refractivity contribution in [3.8, 4) is 0 Å². The summed E-state index contributed by atoms with van der Waals surface area (Å²) in [4.78, 5) is 0. The fourth-order valence-electron chi connectivity index (χ4n) is 2.84. The normalized spacial score (nSPS) is 19.1. The predicted molar refractivity (Wildman–Crippen MR) is 78.3 cm³/mol. The zero-order valence-corrected chi connectivity index (χ0v) is 12.2. The summed E-state index contributed by atoms with van der Waals surface area (Å²) in [7, 11) is 0. The maximum atomic E-state index is 10.3. The smallest absolute Gasteiger partial charge is 0.103 e. The van der Waals surface area contributed by atoms with Crippen molar-refractivity contribution in [2.75, 3.05) is 6.61 Å². The molecule has 0 saturated heterocycles. The van der Waals surface area contributed by atoms with Crippen LogP contribution in [0.3, 0.4) is 0 Å². The maximum absolute atomic E-state index is 10.3. The molecule has 2 nitrogen and oxygen atoms in total. The molecule has 0 bridgehead atoms. The van der Waals surface area contributed by atoms with E-state index >= 15 is 0 Å². The SMILES string of the molecule is Cc1ccc(C)c(C(O)COC2CCCCCC2)c1. The average Bonchev–Trinajstić information content (AvgIpc) is 2.67. The van der Waals surface area contributed by atoms with Crippen LogP contribution in [-0.4, -0.2) is 17.8 Å². The molecule has 1 unspecified atom stereocenters. The molecule has 1 fully saturated rings. The van der Waals surface area contributed by atoms with Gasteiger partial charge in [-0.15, -0.1) is 0 Å². The molecule has 1 aromatic carbocycles. The zero-order valence-electron chi connectivity index (χ0n) is 12.2. The van der Waals surface area contributed by atoms with E-state index in [9.17, 15) is 5.11 Å². The van der Waals surface area contributed by atoms with E-state index in [2.05, 4.69) is 25.1 Å². The lowest BCUT2D eigenvalue weighted by atomic mass is 10.0. The Morgan fingerprint density at radius 1 is 1.16 bits per heavy atom. The maximum Gasteiger partial charge on any atom is 0.103 e. The predicted octanol–water partition coefficient (Wildman–Crippen LogP) is 4.08.